The van der Waals surface area contributed by atoms with Crippen LogP contribution in [0.4, 0.5) is 0 Å². The molecule has 0 saturated carbocycles. The molecule has 0 bridgehead atoms. The van der Waals surface area contributed by atoms with Gasteiger partial charge in [-0.3, -0.25) is 9.78 Å². The zero-order valence-electron chi connectivity index (χ0n) is 14.7. The summed E-state index contributed by atoms with van der Waals surface area (Å²) in [5.74, 6) is 0.531. The molecule has 2 aromatic heterocycles. The molecule has 1 aliphatic heterocycles. The molecule has 1 atom stereocenters. The Morgan fingerprint density at radius 3 is 2.71 bits per heavy atom. The Kier molecular flexibility index (Phi) is 5.29. The van der Waals surface area contributed by atoms with Gasteiger partial charge in [0.15, 0.2) is 0 Å². The van der Waals surface area contributed by atoms with Crippen molar-refractivity contribution in [1.82, 2.24) is 14.9 Å². The number of amides is 1. The second-order valence-electron chi connectivity index (χ2n) is 6.59. The molecule has 24 heavy (non-hydrogen) atoms. The lowest BCUT2D eigenvalue weighted by atomic mass is 9.97. The fraction of sp³-hybridized carbons (Fsp3) is 0.526. The first-order chi connectivity index (χ1) is 11.6. The van der Waals surface area contributed by atoms with Crippen LogP contribution in [0.5, 0.6) is 0 Å². The van der Waals surface area contributed by atoms with Gasteiger partial charge in [0.2, 0.25) is 0 Å². The van der Waals surface area contributed by atoms with Crippen molar-refractivity contribution in [2.45, 2.75) is 52.4 Å². The highest BCUT2D eigenvalue weighted by molar-refractivity contribution is 7.09. The van der Waals surface area contributed by atoms with Gasteiger partial charge in [-0.2, -0.15) is 0 Å². The van der Waals surface area contributed by atoms with Crippen LogP contribution in [0.3, 0.4) is 0 Å². The minimum absolute atomic E-state index is 0.132. The number of carbonyl (C=O) groups is 1. The Bertz CT molecular complexity index is 719. The van der Waals surface area contributed by atoms with E-state index >= 15 is 0 Å². The quantitative estimate of drug-likeness (QED) is 0.824. The van der Waals surface area contributed by atoms with Crippen molar-refractivity contribution < 1.29 is 4.79 Å². The predicted molar refractivity (Wildman–Crippen MR) is 97.7 cm³/mol. The first kappa shape index (κ1) is 17.1. The number of carbonyl (C=O) groups excluding carboxylic acids is 1. The number of hydrogen-bond donors (Lipinski definition) is 0. The molecule has 0 aromatic carbocycles. The number of likely N-dealkylation sites (tertiary alicyclic amines) is 1. The zero-order chi connectivity index (χ0) is 17.1. The van der Waals surface area contributed by atoms with E-state index in [9.17, 15) is 4.79 Å². The van der Waals surface area contributed by atoms with E-state index < -0.39 is 0 Å². The van der Waals surface area contributed by atoms with Crippen molar-refractivity contribution in [3.8, 4) is 0 Å². The highest BCUT2D eigenvalue weighted by Gasteiger charge is 2.21. The van der Waals surface area contributed by atoms with E-state index in [1.807, 2.05) is 10.4 Å². The fourth-order valence-electron chi connectivity index (χ4n) is 3.41. The highest BCUT2D eigenvalue weighted by Crippen LogP contribution is 2.27. The minimum atomic E-state index is 0.132. The van der Waals surface area contributed by atoms with E-state index in [2.05, 4.69) is 36.8 Å². The van der Waals surface area contributed by atoms with Gasteiger partial charge in [-0.15, -0.1) is 11.3 Å². The van der Waals surface area contributed by atoms with Crippen molar-refractivity contribution in [2.24, 2.45) is 0 Å². The Morgan fingerprint density at radius 2 is 2.08 bits per heavy atom. The molecule has 1 unspecified atom stereocenters. The molecule has 1 saturated heterocycles. The fourth-order valence-corrected chi connectivity index (χ4v) is 4.28. The summed E-state index contributed by atoms with van der Waals surface area (Å²) in [5.41, 5.74) is 6.06. The molecule has 0 N–H and O–H groups in total. The van der Waals surface area contributed by atoms with E-state index in [0.717, 1.165) is 55.7 Å². The molecule has 0 aliphatic carbocycles. The van der Waals surface area contributed by atoms with E-state index in [-0.39, 0.29) is 5.91 Å². The van der Waals surface area contributed by atoms with Crippen LogP contribution in [0.15, 0.2) is 17.8 Å². The van der Waals surface area contributed by atoms with Crippen molar-refractivity contribution in [2.75, 3.05) is 13.1 Å². The van der Waals surface area contributed by atoms with Crippen LogP contribution in [0.25, 0.3) is 0 Å². The number of nitrogens with zero attached hydrogens (tertiary/aromatic N) is 3. The van der Waals surface area contributed by atoms with Crippen LogP contribution >= 0.6 is 11.3 Å². The maximum atomic E-state index is 12.6. The first-order valence-corrected chi connectivity index (χ1v) is 9.65. The average Bonchev–Trinajstić information content (AvgIpc) is 3.26. The average molecular weight is 343 g/mol. The Hall–Kier alpha value is -1.75. The lowest BCUT2D eigenvalue weighted by molar-refractivity contribution is 0.0792. The minimum Gasteiger partial charge on any atom is -0.339 e. The summed E-state index contributed by atoms with van der Waals surface area (Å²) in [4.78, 5) is 24.8. The SMILES string of the molecule is CCc1cc(C(=O)N2CCCC2)cnc1CC(C)c1scnc1C. The second-order valence-corrected chi connectivity index (χ2v) is 7.48. The topological polar surface area (TPSA) is 46.1 Å². The summed E-state index contributed by atoms with van der Waals surface area (Å²) in [6.45, 7) is 8.18. The summed E-state index contributed by atoms with van der Waals surface area (Å²) < 4.78 is 0. The second kappa shape index (κ2) is 7.43. The number of rotatable bonds is 5. The Balaban J connectivity index is 1.79. The monoisotopic (exact) mass is 343 g/mol. The van der Waals surface area contributed by atoms with Crippen LogP contribution < -0.4 is 0 Å². The van der Waals surface area contributed by atoms with Gasteiger partial charge >= 0.3 is 0 Å². The van der Waals surface area contributed by atoms with Crippen molar-refractivity contribution in [3.63, 3.8) is 0 Å². The molecule has 1 aliphatic rings. The van der Waals surface area contributed by atoms with Gasteiger partial charge in [0.25, 0.3) is 5.91 Å². The number of pyridine rings is 1. The number of aromatic nitrogens is 2. The van der Waals surface area contributed by atoms with Crippen molar-refractivity contribution >= 4 is 17.2 Å². The summed E-state index contributed by atoms with van der Waals surface area (Å²) in [7, 11) is 0. The Morgan fingerprint density at radius 1 is 1.33 bits per heavy atom. The predicted octanol–water partition coefficient (Wildman–Crippen LogP) is 3.99. The van der Waals surface area contributed by atoms with Gasteiger partial charge in [0.1, 0.15) is 0 Å². The summed E-state index contributed by atoms with van der Waals surface area (Å²) >= 11 is 1.72. The summed E-state index contributed by atoms with van der Waals surface area (Å²) in [6.07, 6.45) is 5.79. The standard InChI is InChI=1S/C19H25N3OS/c1-4-15-10-16(19(23)22-7-5-6-8-22)11-20-17(15)9-13(2)18-14(3)21-12-24-18/h10-13H,4-9H2,1-3H3. The highest BCUT2D eigenvalue weighted by atomic mass is 32.1. The van der Waals surface area contributed by atoms with Crippen LogP contribution in [0.2, 0.25) is 0 Å². The third kappa shape index (κ3) is 3.51. The molecule has 128 valence electrons. The lowest BCUT2D eigenvalue weighted by Crippen LogP contribution is -2.28. The number of aryl methyl sites for hydroxylation is 2. The normalized spacial score (nSPS) is 15.7. The molecule has 3 heterocycles. The molecule has 5 heteroatoms. The lowest BCUT2D eigenvalue weighted by Gasteiger charge is -2.17. The van der Waals surface area contributed by atoms with Gasteiger partial charge in [-0.1, -0.05) is 13.8 Å². The van der Waals surface area contributed by atoms with Gasteiger partial charge in [-0.05, 0) is 50.2 Å². The van der Waals surface area contributed by atoms with Crippen LogP contribution in [-0.4, -0.2) is 33.9 Å². The van der Waals surface area contributed by atoms with Crippen LogP contribution in [0, 0.1) is 6.92 Å². The van der Waals surface area contributed by atoms with Gasteiger partial charge < -0.3 is 4.90 Å². The zero-order valence-corrected chi connectivity index (χ0v) is 15.5. The van der Waals surface area contributed by atoms with E-state index in [0.29, 0.717) is 5.92 Å². The smallest absolute Gasteiger partial charge is 0.255 e. The molecule has 1 fully saturated rings. The van der Waals surface area contributed by atoms with Gasteiger partial charge in [0, 0.05) is 29.9 Å². The number of thiazole rings is 1. The maximum Gasteiger partial charge on any atom is 0.255 e. The molecule has 4 nitrogen and oxygen atoms in total. The van der Waals surface area contributed by atoms with Crippen LogP contribution in [0.1, 0.15) is 64.8 Å². The van der Waals surface area contributed by atoms with E-state index in [1.54, 1.807) is 17.5 Å². The first-order valence-electron chi connectivity index (χ1n) is 8.77. The van der Waals surface area contributed by atoms with Crippen LogP contribution in [-0.2, 0) is 12.8 Å². The van der Waals surface area contributed by atoms with E-state index in [4.69, 9.17) is 0 Å². The molecule has 1 amide bonds. The third-order valence-electron chi connectivity index (χ3n) is 4.81. The molecular formula is C19H25N3OS. The molecular weight excluding hydrogens is 318 g/mol. The third-order valence-corrected chi connectivity index (χ3v) is 5.97. The Labute approximate surface area is 147 Å². The summed E-state index contributed by atoms with van der Waals surface area (Å²) in [6, 6.07) is 2.05. The molecule has 0 spiro atoms. The van der Waals surface area contributed by atoms with Gasteiger partial charge in [-0.25, -0.2) is 4.98 Å². The molecule has 3 rings (SSSR count). The van der Waals surface area contributed by atoms with E-state index in [1.165, 1.54) is 10.4 Å². The molecule has 0 radical (unpaired) electrons. The van der Waals surface area contributed by atoms with Crippen molar-refractivity contribution in [3.05, 3.63) is 45.2 Å². The van der Waals surface area contributed by atoms with Gasteiger partial charge in [0.05, 0.1) is 16.8 Å². The maximum absolute atomic E-state index is 12.6. The molecule has 2 aromatic rings. The van der Waals surface area contributed by atoms with Crippen molar-refractivity contribution in [1.29, 1.82) is 0 Å². The largest absolute Gasteiger partial charge is 0.339 e. The number of hydrogen-bond acceptors (Lipinski definition) is 4. The summed E-state index contributed by atoms with van der Waals surface area (Å²) in [5, 5.41) is 0.